The number of unbranched alkanes of at least 4 members (excludes halogenated alkanes) is 1. The normalized spacial score (nSPS) is 12.6. The summed E-state index contributed by atoms with van der Waals surface area (Å²) in [6, 6.07) is 0. The van der Waals surface area contributed by atoms with E-state index >= 15 is 0 Å². The molecule has 1 N–H and O–H groups in total. The fourth-order valence-electron chi connectivity index (χ4n) is 1.22. The van der Waals surface area contributed by atoms with E-state index in [1.54, 1.807) is 0 Å². The molecule has 0 aliphatic heterocycles. The lowest BCUT2D eigenvalue weighted by molar-refractivity contribution is -0.325. The van der Waals surface area contributed by atoms with E-state index < -0.39 is 11.9 Å². The summed E-state index contributed by atoms with van der Waals surface area (Å²) in [5.74, 6) is -2.97. The molecule has 6 nitrogen and oxygen atoms in total. The number of carboxylic acid groups (broad SMARTS) is 1. The largest absolute Gasteiger partial charge is 0.478 e. The Balaban J connectivity index is 5.06. The highest BCUT2D eigenvalue weighted by Crippen LogP contribution is 2.24. The quantitative estimate of drug-likeness (QED) is 0.285. The van der Waals surface area contributed by atoms with Crippen molar-refractivity contribution < 1.29 is 28.9 Å². The van der Waals surface area contributed by atoms with E-state index in [4.69, 9.17) is 19.3 Å². The summed E-state index contributed by atoms with van der Waals surface area (Å²) in [7, 11) is 3.80. The molecule has 0 heterocycles. The number of ether oxygens (including phenoxy) is 3. The van der Waals surface area contributed by atoms with Gasteiger partial charge in [0.25, 0.3) is 0 Å². The minimum absolute atomic E-state index is 0.193. The predicted octanol–water partition coefficient (Wildman–Crippen LogP) is 0.569. The molecule has 0 aliphatic carbocycles. The highest BCUT2D eigenvalue weighted by atomic mass is 16.9. The van der Waals surface area contributed by atoms with Crippen molar-refractivity contribution in [2.45, 2.75) is 18.8 Å². The fraction of sp³-hybridized carbons (Fsp3) is 0.600. The summed E-state index contributed by atoms with van der Waals surface area (Å²) in [6.07, 6.45) is 2.55. The number of carbonyl (C=O) groups excluding carboxylic acids is 1. The van der Waals surface area contributed by atoms with Crippen molar-refractivity contribution >= 4 is 12.3 Å². The van der Waals surface area contributed by atoms with Gasteiger partial charge >= 0.3 is 11.9 Å². The van der Waals surface area contributed by atoms with Gasteiger partial charge in [0, 0.05) is 27.8 Å². The van der Waals surface area contributed by atoms with Gasteiger partial charge in [0.1, 0.15) is 11.9 Å². The van der Waals surface area contributed by atoms with Crippen molar-refractivity contribution in [2.75, 3.05) is 21.3 Å². The highest BCUT2D eigenvalue weighted by molar-refractivity contribution is 5.88. The van der Waals surface area contributed by atoms with Crippen molar-refractivity contribution in [3.63, 3.8) is 0 Å². The predicted molar refractivity (Wildman–Crippen MR) is 54.8 cm³/mol. The number of carboxylic acids is 1. The zero-order valence-electron chi connectivity index (χ0n) is 9.56. The van der Waals surface area contributed by atoms with Gasteiger partial charge in [-0.3, -0.25) is 0 Å². The molecule has 92 valence electrons. The van der Waals surface area contributed by atoms with E-state index in [1.807, 2.05) is 0 Å². The second-order valence-corrected chi connectivity index (χ2v) is 2.84. The zero-order chi connectivity index (χ0) is 12.6. The van der Waals surface area contributed by atoms with E-state index in [0.717, 1.165) is 0 Å². The van der Waals surface area contributed by atoms with Crippen LogP contribution in [-0.2, 0) is 23.8 Å². The molecule has 0 aliphatic rings. The summed E-state index contributed by atoms with van der Waals surface area (Å²) in [5, 5.41) is 9.00. The van der Waals surface area contributed by atoms with Crippen LogP contribution < -0.4 is 0 Å². The molecule has 0 radical (unpaired) electrons. The van der Waals surface area contributed by atoms with Crippen molar-refractivity contribution in [3.05, 3.63) is 11.6 Å². The molecule has 0 bridgehead atoms. The van der Waals surface area contributed by atoms with Gasteiger partial charge in [-0.2, -0.15) is 0 Å². The molecule has 0 unspecified atom stereocenters. The monoisotopic (exact) mass is 232 g/mol. The number of rotatable bonds is 8. The number of carbonyl (C=O) groups is 2. The first kappa shape index (κ1) is 14.8. The molecule has 0 rings (SSSR count). The number of hydrogen-bond acceptors (Lipinski definition) is 5. The molecule has 0 atom stereocenters. The Morgan fingerprint density at radius 1 is 1.19 bits per heavy atom. The first-order valence-corrected chi connectivity index (χ1v) is 4.61. The second kappa shape index (κ2) is 7.10. The number of aldehydes is 1. The summed E-state index contributed by atoms with van der Waals surface area (Å²) >= 11 is 0. The fourth-order valence-corrected chi connectivity index (χ4v) is 1.22. The minimum atomic E-state index is -1.74. The Morgan fingerprint density at radius 3 is 2.00 bits per heavy atom. The summed E-state index contributed by atoms with van der Waals surface area (Å²) in [4.78, 5) is 21.2. The van der Waals surface area contributed by atoms with Crippen LogP contribution in [0.2, 0.25) is 0 Å². The molecule has 0 spiro atoms. The molecule has 0 aromatic heterocycles. The Bertz CT molecular complexity index is 258. The topological polar surface area (TPSA) is 82.1 Å². The van der Waals surface area contributed by atoms with Gasteiger partial charge in [-0.1, -0.05) is 6.08 Å². The van der Waals surface area contributed by atoms with Gasteiger partial charge in [0.2, 0.25) is 0 Å². The first-order valence-electron chi connectivity index (χ1n) is 4.61. The Hall–Kier alpha value is -1.24. The Kier molecular flexibility index (Phi) is 6.55. The SMILES string of the molecule is COC(OC)(OC)C(=CCCC=O)C(=O)O. The molecular formula is C10H16O6. The number of aliphatic carboxylic acids is 1. The summed E-state index contributed by atoms with van der Waals surface area (Å²) < 4.78 is 14.7. The lowest BCUT2D eigenvalue weighted by atomic mass is 10.1. The third-order valence-electron chi connectivity index (χ3n) is 2.00. The molecule has 0 aromatic rings. The van der Waals surface area contributed by atoms with Crippen LogP contribution in [0, 0.1) is 0 Å². The molecule has 0 amide bonds. The zero-order valence-corrected chi connectivity index (χ0v) is 9.56. The maximum atomic E-state index is 11.0. The minimum Gasteiger partial charge on any atom is -0.478 e. The van der Waals surface area contributed by atoms with Crippen LogP contribution in [-0.4, -0.2) is 44.7 Å². The van der Waals surface area contributed by atoms with Crippen LogP contribution in [0.15, 0.2) is 11.6 Å². The van der Waals surface area contributed by atoms with E-state index in [2.05, 4.69) is 0 Å². The van der Waals surface area contributed by atoms with Gasteiger partial charge in [-0.05, 0) is 6.42 Å². The van der Waals surface area contributed by atoms with Gasteiger partial charge in [-0.25, -0.2) is 4.79 Å². The summed E-state index contributed by atoms with van der Waals surface area (Å²) in [6.45, 7) is 0. The number of hydrogen-bond donors (Lipinski definition) is 1. The van der Waals surface area contributed by atoms with Crippen molar-refractivity contribution in [2.24, 2.45) is 0 Å². The van der Waals surface area contributed by atoms with Crippen LogP contribution in [0.25, 0.3) is 0 Å². The van der Waals surface area contributed by atoms with E-state index in [1.165, 1.54) is 27.4 Å². The lowest BCUT2D eigenvalue weighted by Gasteiger charge is -2.28. The maximum absolute atomic E-state index is 11.0. The van der Waals surface area contributed by atoms with Crippen LogP contribution in [0.3, 0.4) is 0 Å². The molecule has 0 fully saturated rings. The van der Waals surface area contributed by atoms with Gasteiger partial charge in [0.05, 0.1) is 0 Å². The third-order valence-corrected chi connectivity index (χ3v) is 2.00. The maximum Gasteiger partial charge on any atom is 0.339 e. The van der Waals surface area contributed by atoms with Crippen LogP contribution in [0.1, 0.15) is 12.8 Å². The van der Waals surface area contributed by atoms with Crippen LogP contribution in [0.5, 0.6) is 0 Å². The summed E-state index contributed by atoms with van der Waals surface area (Å²) in [5.41, 5.74) is -0.193. The average Bonchev–Trinajstić information content (AvgIpc) is 2.29. The third kappa shape index (κ3) is 3.41. The Labute approximate surface area is 93.8 Å². The van der Waals surface area contributed by atoms with Crippen molar-refractivity contribution in [3.8, 4) is 0 Å². The lowest BCUT2D eigenvalue weighted by Crippen LogP contribution is -2.41. The Morgan fingerprint density at radius 2 is 1.69 bits per heavy atom. The molecule has 0 aromatic carbocycles. The molecule has 16 heavy (non-hydrogen) atoms. The van der Waals surface area contributed by atoms with E-state index in [9.17, 15) is 9.59 Å². The van der Waals surface area contributed by atoms with Gasteiger partial charge in [0.15, 0.2) is 0 Å². The van der Waals surface area contributed by atoms with Gasteiger partial charge < -0.3 is 24.1 Å². The van der Waals surface area contributed by atoms with Crippen molar-refractivity contribution in [1.29, 1.82) is 0 Å². The first-order chi connectivity index (χ1) is 7.57. The number of methoxy groups -OCH3 is 3. The van der Waals surface area contributed by atoms with Crippen molar-refractivity contribution in [1.82, 2.24) is 0 Å². The van der Waals surface area contributed by atoms with E-state index in [-0.39, 0.29) is 18.4 Å². The second-order valence-electron chi connectivity index (χ2n) is 2.84. The number of allylic oxidation sites excluding steroid dienone is 1. The average molecular weight is 232 g/mol. The standard InChI is InChI=1S/C10H16O6/c1-14-10(15-2,16-3)8(9(12)13)6-4-5-7-11/h6-7H,4-5H2,1-3H3,(H,12,13). The van der Waals surface area contributed by atoms with Crippen LogP contribution in [0.4, 0.5) is 0 Å². The smallest absolute Gasteiger partial charge is 0.339 e. The van der Waals surface area contributed by atoms with Crippen LogP contribution >= 0.6 is 0 Å². The molecule has 6 heteroatoms. The highest BCUT2D eigenvalue weighted by Gasteiger charge is 2.39. The molecular weight excluding hydrogens is 216 g/mol. The molecule has 0 saturated carbocycles. The molecule has 0 saturated heterocycles. The van der Waals surface area contributed by atoms with Gasteiger partial charge in [-0.15, -0.1) is 0 Å². The van der Waals surface area contributed by atoms with E-state index in [0.29, 0.717) is 6.29 Å².